The summed E-state index contributed by atoms with van der Waals surface area (Å²) in [5.41, 5.74) is -2.49. The van der Waals surface area contributed by atoms with Crippen LogP contribution in [0, 0.1) is 13.8 Å². The van der Waals surface area contributed by atoms with Gasteiger partial charge >= 0.3 is 17.8 Å². The van der Waals surface area contributed by atoms with E-state index in [0.717, 1.165) is 22.7 Å². The van der Waals surface area contributed by atoms with E-state index in [1.165, 1.54) is 31.4 Å². The highest BCUT2D eigenvalue weighted by atomic mass is 32.1. The molecule has 2 aromatic heterocycles. The van der Waals surface area contributed by atoms with Crippen LogP contribution in [0.2, 0.25) is 0 Å². The second kappa shape index (κ2) is 5.61. The average molecular weight is 418 g/mol. The van der Waals surface area contributed by atoms with Crippen LogP contribution in [0.1, 0.15) is 20.9 Å². The summed E-state index contributed by atoms with van der Waals surface area (Å²) in [6, 6.07) is 7.84. The lowest BCUT2D eigenvalue weighted by atomic mass is 9.95. The van der Waals surface area contributed by atoms with E-state index in [4.69, 9.17) is 0 Å². The molecule has 27 heavy (non-hydrogen) atoms. The molecule has 0 fully saturated rings. The molecule has 0 amide bonds. The Morgan fingerprint density at radius 1 is 0.815 bits per heavy atom. The number of hydrogen-bond acceptors (Lipinski definition) is 2. The zero-order valence-corrected chi connectivity index (χ0v) is 15.7. The van der Waals surface area contributed by atoms with Crippen LogP contribution in [-0.2, 0) is 0 Å². The smallest absolute Gasteiger partial charge is 0.194 e. The lowest BCUT2D eigenvalue weighted by Gasteiger charge is -2.25. The molecule has 0 spiro atoms. The minimum atomic E-state index is -5.52. The Morgan fingerprint density at radius 3 is 2.07 bits per heavy atom. The Morgan fingerprint density at radius 2 is 1.44 bits per heavy atom. The van der Waals surface area contributed by atoms with Crippen molar-refractivity contribution in [3.8, 4) is 0 Å². The van der Waals surface area contributed by atoms with Gasteiger partial charge in [0.05, 0.1) is 5.57 Å². The molecule has 0 bridgehead atoms. The van der Waals surface area contributed by atoms with Crippen molar-refractivity contribution in [2.24, 2.45) is 0 Å². The summed E-state index contributed by atoms with van der Waals surface area (Å²) in [5.74, 6) is -15.5. The topological polar surface area (TPSA) is 0 Å². The van der Waals surface area contributed by atoms with Crippen LogP contribution in [0.25, 0.3) is 21.2 Å². The molecule has 1 aromatic carbocycles. The molecule has 0 aliphatic heterocycles. The van der Waals surface area contributed by atoms with Gasteiger partial charge in [-0.25, -0.2) is 0 Å². The largest absolute Gasteiger partial charge is 0.380 e. The molecule has 3 aromatic rings. The summed E-state index contributed by atoms with van der Waals surface area (Å²) < 4.78 is 88.3. The maximum atomic E-state index is 14.8. The summed E-state index contributed by atoms with van der Waals surface area (Å²) in [6.45, 7) is 2.93. The number of halogens is 6. The summed E-state index contributed by atoms with van der Waals surface area (Å²) in [6.07, 6.45) is 0. The fraction of sp³-hybridized carbons (Fsp3) is 0.263. The Balaban J connectivity index is 2.19. The molecular formula is C19H12F6S2. The zero-order chi connectivity index (χ0) is 19.8. The Hall–Kier alpha value is -1.80. The van der Waals surface area contributed by atoms with Crippen molar-refractivity contribution in [3.05, 3.63) is 56.6 Å². The number of alkyl halides is 6. The third kappa shape index (κ3) is 2.23. The minimum absolute atomic E-state index is 0.222. The highest BCUT2D eigenvalue weighted by Gasteiger charge is 2.80. The minimum Gasteiger partial charge on any atom is -0.194 e. The summed E-state index contributed by atoms with van der Waals surface area (Å²) in [5, 5.41) is 1.70. The molecule has 0 radical (unpaired) electrons. The normalized spacial score (nSPS) is 20.6. The number of allylic oxidation sites excluding steroid dienone is 2. The van der Waals surface area contributed by atoms with Crippen molar-refractivity contribution in [1.82, 2.24) is 0 Å². The molecule has 0 unspecified atom stereocenters. The fourth-order valence-corrected chi connectivity index (χ4v) is 5.55. The van der Waals surface area contributed by atoms with Gasteiger partial charge in [0.1, 0.15) is 0 Å². The van der Waals surface area contributed by atoms with Crippen molar-refractivity contribution in [3.63, 3.8) is 0 Å². The molecule has 0 saturated carbocycles. The van der Waals surface area contributed by atoms with Gasteiger partial charge in [0.15, 0.2) is 0 Å². The predicted octanol–water partition coefficient (Wildman–Crippen LogP) is 7.41. The molecule has 1 aliphatic rings. The van der Waals surface area contributed by atoms with E-state index in [0.29, 0.717) is 9.58 Å². The maximum absolute atomic E-state index is 14.8. The van der Waals surface area contributed by atoms with Crippen LogP contribution in [-0.4, -0.2) is 17.8 Å². The lowest BCUT2D eigenvalue weighted by Crippen LogP contribution is -2.48. The highest BCUT2D eigenvalue weighted by Crippen LogP contribution is 2.66. The molecule has 2 heterocycles. The van der Waals surface area contributed by atoms with Gasteiger partial charge in [-0.15, -0.1) is 22.7 Å². The molecule has 0 atom stereocenters. The van der Waals surface area contributed by atoms with Crippen molar-refractivity contribution < 1.29 is 26.3 Å². The van der Waals surface area contributed by atoms with Crippen LogP contribution in [0.5, 0.6) is 0 Å². The van der Waals surface area contributed by atoms with Gasteiger partial charge in [0, 0.05) is 31.0 Å². The van der Waals surface area contributed by atoms with Crippen LogP contribution >= 0.6 is 22.7 Å². The summed E-state index contributed by atoms with van der Waals surface area (Å²) >= 11 is 1.88. The number of benzene rings is 1. The number of thiophene rings is 2. The first-order valence-electron chi connectivity index (χ1n) is 7.93. The van der Waals surface area contributed by atoms with Crippen LogP contribution in [0.4, 0.5) is 26.3 Å². The van der Waals surface area contributed by atoms with E-state index in [1.807, 2.05) is 0 Å². The quantitative estimate of drug-likeness (QED) is 0.380. The SMILES string of the molecule is Cc1ccsc1C1=C(c2c(C)sc3ccccc23)C(F)(F)C(F)(F)C1(F)F. The number of rotatable bonds is 2. The predicted molar refractivity (Wildman–Crippen MR) is 97.3 cm³/mol. The van der Waals surface area contributed by atoms with Crippen molar-refractivity contribution >= 4 is 43.9 Å². The summed E-state index contributed by atoms with van der Waals surface area (Å²) in [7, 11) is 0. The lowest BCUT2D eigenvalue weighted by molar-refractivity contribution is -0.254. The molecule has 4 rings (SSSR count). The van der Waals surface area contributed by atoms with Gasteiger partial charge < -0.3 is 0 Å². The second-order valence-corrected chi connectivity index (χ2v) is 8.61. The molecular weight excluding hydrogens is 406 g/mol. The number of hydrogen-bond donors (Lipinski definition) is 0. The van der Waals surface area contributed by atoms with Crippen molar-refractivity contribution in [1.29, 1.82) is 0 Å². The van der Waals surface area contributed by atoms with Gasteiger partial charge in [0.25, 0.3) is 0 Å². The first kappa shape index (κ1) is 18.6. The molecule has 142 valence electrons. The molecule has 0 N–H and O–H groups in total. The van der Waals surface area contributed by atoms with E-state index < -0.39 is 28.9 Å². The highest BCUT2D eigenvalue weighted by molar-refractivity contribution is 7.19. The third-order valence-corrected chi connectivity index (χ3v) is 6.90. The van der Waals surface area contributed by atoms with Crippen molar-refractivity contribution in [2.45, 2.75) is 31.6 Å². The molecule has 1 aliphatic carbocycles. The number of fused-ring (bicyclic) bond motifs is 1. The van der Waals surface area contributed by atoms with Gasteiger partial charge in [-0.1, -0.05) is 18.2 Å². The fourth-order valence-electron chi connectivity index (χ4n) is 3.47. The molecule has 0 nitrogen and oxygen atoms in total. The van der Waals surface area contributed by atoms with E-state index >= 15 is 0 Å². The van der Waals surface area contributed by atoms with Crippen LogP contribution < -0.4 is 0 Å². The monoisotopic (exact) mass is 418 g/mol. The number of aryl methyl sites for hydroxylation is 2. The van der Waals surface area contributed by atoms with Gasteiger partial charge in [0.2, 0.25) is 0 Å². The van der Waals surface area contributed by atoms with Gasteiger partial charge in [-0.05, 0) is 36.9 Å². The summed E-state index contributed by atoms with van der Waals surface area (Å²) in [4.78, 5) is 0.0626. The third-order valence-electron chi connectivity index (χ3n) is 4.78. The average Bonchev–Trinajstić information content (AvgIpc) is 3.16. The van der Waals surface area contributed by atoms with E-state index in [2.05, 4.69) is 0 Å². The molecule has 0 saturated heterocycles. The Labute approximate surface area is 158 Å². The second-order valence-electron chi connectivity index (χ2n) is 6.44. The van der Waals surface area contributed by atoms with Gasteiger partial charge in [-0.2, -0.15) is 26.3 Å². The van der Waals surface area contributed by atoms with Crippen LogP contribution in [0.3, 0.4) is 0 Å². The van der Waals surface area contributed by atoms with E-state index in [-0.39, 0.29) is 21.4 Å². The Bertz CT molecular complexity index is 1090. The molecule has 8 heteroatoms. The standard InChI is InChI=1S/C19H12F6S2/c1-9-7-8-26-16(9)15-14(17(20,21)19(24,25)18(15,22)23)13-10(2)27-12-6-4-3-5-11(12)13/h3-8H,1-2H3. The van der Waals surface area contributed by atoms with Crippen molar-refractivity contribution in [2.75, 3.05) is 0 Å². The maximum Gasteiger partial charge on any atom is 0.380 e. The first-order valence-corrected chi connectivity index (χ1v) is 9.63. The zero-order valence-electron chi connectivity index (χ0n) is 14.0. The van der Waals surface area contributed by atoms with E-state index in [1.54, 1.807) is 18.2 Å². The first-order chi connectivity index (χ1) is 12.5. The van der Waals surface area contributed by atoms with E-state index in [9.17, 15) is 26.3 Å². The Kier molecular flexibility index (Phi) is 3.85. The van der Waals surface area contributed by atoms with Crippen LogP contribution in [0.15, 0.2) is 35.7 Å². The van der Waals surface area contributed by atoms with Gasteiger partial charge in [-0.3, -0.25) is 0 Å².